The molecule has 5 aromatic rings. The highest BCUT2D eigenvalue weighted by Gasteiger charge is 2.19. The van der Waals surface area contributed by atoms with E-state index in [1.165, 1.54) is 9.36 Å². The largest absolute Gasteiger partial charge is 0.382 e. The Balaban J connectivity index is 1.46. The number of nitrogens with zero attached hydrogens (tertiary/aromatic N) is 14. The van der Waals surface area contributed by atoms with E-state index in [2.05, 4.69) is 59.3 Å². The summed E-state index contributed by atoms with van der Waals surface area (Å²) in [5.74, 6) is 2.27. The monoisotopic (exact) mass is 522 g/mol. The molecule has 0 atom stereocenters. The molecule has 0 radical (unpaired) electrons. The standard InChI is InChI=1S/C18H18N16S2/c1-7-12(25-27-17-22-9(3)31-35-17)14(19)33(29-7)11-5-6-21-16(24-11)34-15(20)13(8(2)30-34)26-28-18-23-10(4)32-36-18/h5-6H,19-20H2,1-4H3. The quantitative estimate of drug-likeness (QED) is 0.307. The summed E-state index contributed by atoms with van der Waals surface area (Å²) in [7, 11) is 0. The van der Waals surface area contributed by atoms with Crippen LogP contribution in [0, 0.1) is 27.7 Å². The van der Waals surface area contributed by atoms with Crippen molar-refractivity contribution in [3.05, 3.63) is 35.3 Å². The number of aromatic nitrogens is 10. The van der Waals surface area contributed by atoms with Crippen LogP contribution in [0.4, 0.5) is 33.3 Å². The molecule has 18 heteroatoms. The lowest BCUT2D eigenvalue weighted by molar-refractivity contribution is 0.773. The minimum absolute atomic E-state index is 0.196. The van der Waals surface area contributed by atoms with E-state index < -0.39 is 0 Å². The minimum Gasteiger partial charge on any atom is -0.382 e. The molecule has 0 aliphatic carbocycles. The fourth-order valence-corrected chi connectivity index (χ4v) is 4.06. The molecule has 5 aromatic heterocycles. The maximum absolute atomic E-state index is 6.32. The van der Waals surface area contributed by atoms with Gasteiger partial charge in [0, 0.05) is 35.3 Å². The van der Waals surface area contributed by atoms with E-state index in [1.807, 2.05) is 0 Å². The van der Waals surface area contributed by atoms with Gasteiger partial charge in [0.2, 0.25) is 10.3 Å². The normalized spacial score (nSPS) is 11.9. The van der Waals surface area contributed by atoms with Gasteiger partial charge in [-0.2, -0.15) is 33.3 Å². The van der Waals surface area contributed by atoms with Crippen LogP contribution in [0.25, 0.3) is 11.8 Å². The van der Waals surface area contributed by atoms with Gasteiger partial charge < -0.3 is 11.5 Å². The van der Waals surface area contributed by atoms with Gasteiger partial charge in [-0.05, 0) is 27.7 Å². The smallest absolute Gasteiger partial charge is 0.254 e. The van der Waals surface area contributed by atoms with Crippen LogP contribution in [0.5, 0.6) is 0 Å². The number of hydrogen-bond donors (Lipinski definition) is 2. The van der Waals surface area contributed by atoms with Crippen molar-refractivity contribution in [2.75, 3.05) is 11.5 Å². The Kier molecular flexibility index (Phi) is 5.94. The lowest BCUT2D eigenvalue weighted by atomic mass is 10.4. The van der Waals surface area contributed by atoms with Gasteiger partial charge in [0.1, 0.15) is 11.6 Å². The topological polar surface area (TPSA) is 214 Å². The predicted molar refractivity (Wildman–Crippen MR) is 132 cm³/mol. The van der Waals surface area contributed by atoms with Crippen molar-refractivity contribution in [2.24, 2.45) is 20.5 Å². The highest BCUT2D eigenvalue weighted by molar-refractivity contribution is 7.09. The third-order valence-electron chi connectivity index (χ3n) is 4.67. The molecule has 36 heavy (non-hydrogen) atoms. The van der Waals surface area contributed by atoms with Gasteiger partial charge in [-0.3, -0.25) is 0 Å². The molecule has 0 saturated heterocycles. The average molecular weight is 523 g/mol. The molecule has 0 saturated carbocycles. The van der Waals surface area contributed by atoms with Crippen LogP contribution in [0.1, 0.15) is 23.0 Å². The van der Waals surface area contributed by atoms with Crippen molar-refractivity contribution in [3.63, 3.8) is 0 Å². The highest BCUT2D eigenvalue weighted by atomic mass is 32.1. The molecule has 0 bridgehead atoms. The molecule has 5 heterocycles. The molecule has 0 unspecified atom stereocenters. The summed E-state index contributed by atoms with van der Waals surface area (Å²) in [5.41, 5.74) is 14.5. The zero-order chi connectivity index (χ0) is 25.4. The number of hydrogen-bond acceptors (Lipinski definition) is 16. The number of nitrogens with two attached hydrogens (primary N) is 2. The fraction of sp³-hybridized carbons (Fsp3) is 0.222. The summed E-state index contributed by atoms with van der Waals surface area (Å²) in [6.07, 6.45) is 1.54. The molecule has 16 nitrogen and oxygen atoms in total. The van der Waals surface area contributed by atoms with Crippen molar-refractivity contribution in [1.82, 2.24) is 48.2 Å². The van der Waals surface area contributed by atoms with E-state index in [0.29, 0.717) is 50.5 Å². The summed E-state index contributed by atoms with van der Waals surface area (Å²) >= 11 is 2.27. The molecule has 182 valence electrons. The number of nitrogen functional groups attached to an aromatic ring is 2. The summed E-state index contributed by atoms with van der Waals surface area (Å²) < 4.78 is 11.0. The van der Waals surface area contributed by atoms with E-state index in [4.69, 9.17) is 11.5 Å². The molecular formula is C18H18N16S2. The van der Waals surface area contributed by atoms with Crippen LogP contribution in [-0.2, 0) is 0 Å². The Bertz CT molecular complexity index is 1500. The van der Waals surface area contributed by atoms with Crippen molar-refractivity contribution < 1.29 is 0 Å². The zero-order valence-electron chi connectivity index (χ0n) is 19.4. The van der Waals surface area contributed by atoms with Gasteiger partial charge in [-0.25, -0.2) is 15.0 Å². The zero-order valence-corrected chi connectivity index (χ0v) is 21.0. The number of anilines is 2. The van der Waals surface area contributed by atoms with Gasteiger partial charge in [0.25, 0.3) is 5.95 Å². The first-order chi connectivity index (χ1) is 17.3. The third-order valence-corrected chi connectivity index (χ3v) is 6.05. The maximum atomic E-state index is 6.32. The molecular weight excluding hydrogens is 504 g/mol. The summed E-state index contributed by atoms with van der Waals surface area (Å²) in [5, 5.41) is 26.3. The SMILES string of the molecule is Cc1nsc(N=Nc2c(C)nn(-c3ccnc(-n4nc(C)c(N=Nc5nc(C)ns5)c4N)n3)c2N)n1. The Hall–Kier alpha value is -4.58. The molecule has 0 fully saturated rings. The average Bonchev–Trinajstić information content (AvgIpc) is 3.60. The summed E-state index contributed by atoms with van der Waals surface area (Å²) in [4.78, 5) is 17.1. The van der Waals surface area contributed by atoms with E-state index in [9.17, 15) is 0 Å². The van der Waals surface area contributed by atoms with Crippen LogP contribution < -0.4 is 11.5 Å². The Morgan fingerprint density at radius 2 is 1.25 bits per heavy atom. The van der Waals surface area contributed by atoms with Gasteiger partial charge in [0.15, 0.2) is 28.8 Å². The molecule has 0 aliphatic heterocycles. The third kappa shape index (κ3) is 4.41. The lowest BCUT2D eigenvalue weighted by Crippen LogP contribution is -2.10. The minimum atomic E-state index is 0.196. The predicted octanol–water partition coefficient (Wildman–Crippen LogP) is 3.78. The Morgan fingerprint density at radius 1 is 0.722 bits per heavy atom. The van der Waals surface area contributed by atoms with Gasteiger partial charge in [0.05, 0.1) is 11.4 Å². The lowest BCUT2D eigenvalue weighted by Gasteiger charge is -2.06. The van der Waals surface area contributed by atoms with Gasteiger partial charge in [-0.1, -0.05) is 0 Å². The van der Waals surface area contributed by atoms with E-state index in [1.54, 1.807) is 40.0 Å². The first kappa shape index (κ1) is 23.2. The summed E-state index contributed by atoms with van der Waals surface area (Å²) in [6.45, 7) is 7.07. The Labute approximate surface area is 211 Å². The number of rotatable bonds is 6. The van der Waals surface area contributed by atoms with Crippen LogP contribution in [0.2, 0.25) is 0 Å². The maximum Gasteiger partial charge on any atom is 0.254 e. The second-order valence-electron chi connectivity index (χ2n) is 7.33. The van der Waals surface area contributed by atoms with E-state index in [-0.39, 0.29) is 17.6 Å². The van der Waals surface area contributed by atoms with Crippen LogP contribution in [0.15, 0.2) is 32.7 Å². The first-order valence-electron chi connectivity index (χ1n) is 10.3. The van der Waals surface area contributed by atoms with Crippen molar-refractivity contribution >= 4 is 56.3 Å². The molecule has 0 amide bonds. The molecule has 0 aliphatic rings. The Morgan fingerprint density at radius 3 is 1.78 bits per heavy atom. The van der Waals surface area contributed by atoms with E-state index in [0.717, 1.165) is 23.1 Å². The fourth-order valence-electron chi connectivity index (χ4n) is 3.05. The molecule has 5 rings (SSSR count). The molecule has 4 N–H and O–H groups in total. The first-order valence-corrected chi connectivity index (χ1v) is 11.8. The number of aryl methyl sites for hydroxylation is 4. The van der Waals surface area contributed by atoms with Crippen molar-refractivity contribution in [1.29, 1.82) is 0 Å². The second kappa shape index (κ2) is 9.23. The highest BCUT2D eigenvalue weighted by Crippen LogP contribution is 2.32. The van der Waals surface area contributed by atoms with Crippen LogP contribution in [0.3, 0.4) is 0 Å². The molecule has 0 spiro atoms. The van der Waals surface area contributed by atoms with Crippen molar-refractivity contribution in [2.45, 2.75) is 27.7 Å². The summed E-state index contributed by atoms with van der Waals surface area (Å²) in [6, 6.07) is 1.65. The van der Waals surface area contributed by atoms with Crippen molar-refractivity contribution in [3.8, 4) is 11.8 Å². The number of azo groups is 2. The second-order valence-corrected chi connectivity index (χ2v) is 8.79. The van der Waals surface area contributed by atoms with Gasteiger partial charge >= 0.3 is 0 Å². The van der Waals surface area contributed by atoms with E-state index >= 15 is 0 Å². The van der Waals surface area contributed by atoms with Crippen LogP contribution >= 0.6 is 23.1 Å². The van der Waals surface area contributed by atoms with Crippen LogP contribution in [-0.4, -0.2) is 48.2 Å². The molecule has 0 aromatic carbocycles. The van der Waals surface area contributed by atoms with Gasteiger partial charge in [-0.15, -0.1) is 20.5 Å².